The van der Waals surface area contributed by atoms with E-state index in [1.165, 1.54) is 6.07 Å². The summed E-state index contributed by atoms with van der Waals surface area (Å²) in [7, 11) is 1.67. The van der Waals surface area contributed by atoms with Gasteiger partial charge in [0.1, 0.15) is 5.75 Å². The zero-order valence-corrected chi connectivity index (χ0v) is 17.4. The Kier molecular flexibility index (Phi) is 5.64. The van der Waals surface area contributed by atoms with Crippen LogP contribution >= 0.6 is 22.9 Å². The second kappa shape index (κ2) is 8.34. The van der Waals surface area contributed by atoms with Crippen LogP contribution in [0, 0.1) is 0 Å². The summed E-state index contributed by atoms with van der Waals surface area (Å²) in [6.45, 7) is 1.48. The van der Waals surface area contributed by atoms with Gasteiger partial charge < -0.3 is 15.4 Å². The van der Waals surface area contributed by atoms with Crippen molar-refractivity contribution in [2.45, 2.75) is 18.8 Å². The van der Waals surface area contributed by atoms with Gasteiger partial charge in [-0.3, -0.25) is 4.79 Å². The lowest BCUT2D eigenvalue weighted by molar-refractivity contribution is 0.1000. The first kappa shape index (κ1) is 19.6. The summed E-state index contributed by atoms with van der Waals surface area (Å²) < 4.78 is 5.45. The highest BCUT2D eigenvalue weighted by atomic mass is 35.5. The summed E-state index contributed by atoms with van der Waals surface area (Å²) in [5, 5.41) is 11.3. The number of hydrogen-bond acceptors (Lipinski definition) is 7. The number of rotatable bonds is 5. The molecule has 0 atom stereocenters. The number of aromatic nitrogens is 3. The second-order valence-corrected chi connectivity index (χ2v) is 8.08. The van der Waals surface area contributed by atoms with E-state index in [0.717, 1.165) is 47.9 Å². The Bertz CT molecular complexity index is 1030. The number of ether oxygens (including phenoxy) is 1. The van der Waals surface area contributed by atoms with Crippen LogP contribution in [-0.2, 0) is 0 Å². The van der Waals surface area contributed by atoms with Gasteiger partial charge in [-0.1, -0.05) is 23.7 Å². The molecule has 1 amide bonds. The van der Waals surface area contributed by atoms with Gasteiger partial charge in [0.2, 0.25) is 0 Å². The van der Waals surface area contributed by atoms with E-state index in [1.807, 2.05) is 29.2 Å². The zero-order valence-electron chi connectivity index (χ0n) is 15.8. The third kappa shape index (κ3) is 4.04. The number of thiazole rings is 1. The summed E-state index contributed by atoms with van der Waals surface area (Å²) in [6, 6.07) is 9.37. The minimum Gasteiger partial charge on any atom is -0.496 e. The van der Waals surface area contributed by atoms with Crippen molar-refractivity contribution < 1.29 is 9.53 Å². The van der Waals surface area contributed by atoms with Crippen molar-refractivity contribution in [3.63, 3.8) is 0 Å². The molecule has 1 aromatic carbocycles. The van der Waals surface area contributed by atoms with Crippen LogP contribution in [0.1, 0.15) is 34.1 Å². The van der Waals surface area contributed by atoms with E-state index in [0.29, 0.717) is 17.3 Å². The molecule has 1 aliphatic heterocycles. The highest BCUT2D eigenvalue weighted by Crippen LogP contribution is 2.36. The molecule has 0 radical (unpaired) electrons. The highest BCUT2D eigenvalue weighted by Gasteiger charge is 2.27. The Balaban J connectivity index is 1.49. The summed E-state index contributed by atoms with van der Waals surface area (Å²) in [5.74, 6) is 1.12. The monoisotopic (exact) mass is 429 g/mol. The number of carbonyl (C=O) groups excluding carboxylic acids is 1. The van der Waals surface area contributed by atoms with E-state index < -0.39 is 5.91 Å². The molecule has 9 heteroatoms. The fraction of sp³-hybridized carbons (Fsp3) is 0.300. The number of hydrogen-bond donors (Lipinski definition) is 1. The third-order valence-corrected chi connectivity index (χ3v) is 6.25. The molecule has 1 fully saturated rings. The highest BCUT2D eigenvalue weighted by molar-refractivity contribution is 7.10. The number of anilines is 1. The largest absolute Gasteiger partial charge is 0.496 e. The van der Waals surface area contributed by atoms with E-state index in [-0.39, 0.29) is 5.15 Å². The van der Waals surface area contributed by atoms with Gasteiger partial charge in [-0.05, 0) is 31.0 Å². The fourth-order valence-electron chi connectivity index (χ4n) is 3.57. The van der Waals surface area contributed by atoms with Gasteiger partial charge in [0, 0.05) is 30.0 Å². The molecule has 0 aliphatic carbocycles. The average Bonchev–Trinajstić information content (AvgIpc) is 3.24. The van der Waals surface area contributed by atoms with Crippen LogP contribution in [0.4, 0.5) is 5.82 Å². The minimum absolute atomic E-state index is 0.157. The van der Waals surface area contributed by atoms with Crippen molar-refractivity contribution in [3.05, 3.63) is 51.4 Å². The van der Waals surface area contributed by atoms with Crippen molar-refractivity contribution in [2.24, 2.45) is 5.73 Å². The predicted octanol–water partition coefficient (Wildman–Crippen LogP) is 3.75. The van der Waals surface area contributed by atoms with Crippen molar-refractivity contribution in [1.29, 1.82) is 0 Å². The number of halogens is 1. The predicted molar refractivity (Wildman–Crippen MR) is 114 cm³/mol. The summed E-state index contributed by atoms with van der Waals surface area (Å²) in [6.07, 6.45) is 1.81. The first-order valence-corrected chi connectivity index (χ1v) is 10.5. The maximum atomic E-state index is 11.7. The van der Waals surface area contributed by atoms with E-state index in [1.54, 1.807) is 18.4 Å². The SMILES string of the molecule is COc1ccccc1-c1csc(C2CCN(c3nnc(Cl)cc3C(N)=O)CC2)n1. The van der Waals surface area contributed by atoms with Crippen LogP contribution in [0.5, 0.6) is 5.75 Å². The van der Waals surface area contributed by atoms with Gasteiger partial charge in [0.15, 0.2) is 11.0 Å². The summed E-state index contributed by atoms with van der Waals surface area (Å²) >= 11 is 7.53. The zero-order chi connectivity index (χ0) is 20.4. The normalized spacial score (nSPS) is 14.8. The number of nitrogens with two attached hydrogens (primary N) is 1. The Labute approximate surface area is 177 Å². The fourth-order valence-corrected chi connectivity index (χ4v) is 4.71. The Morgan fingerprint density at radius 1 is 1.28 bits per heavy atom. The van der Waals surface area contributed by atoms with Crippen LogP contribution < -0.4 is 15.4 Å². The van der Waals surface area contributed by atoms with Crippen molar-refractivity contribution >= 4 is 34.7 Å². The van der Waals surface area contributed by atoms with Crippen LogP contribution in [0.2, 0.25) is 5.15 Å². The molecular weight excluding hydrogens is 410 g/mol. The van der Waals surface area contributed by atoms with Crippen molar-refractivity contribution in [1.82, 2.24) is 15.2 Å². The number of benzene rings is 1. The van der Waals surface area contributed by atoms with Crippen LogP contribution in [0.25, 0.3) is 11.3 Å². The first-order valence-electron chi connectivity index (χ1n) is 9.23. The van der Waals surface area contributed by atoms with E-state index in [9.17, 15) is 4.79 Å². The van der Waals surface area contributed by atoms with Gasteiger partial charge in [-0.2, -0.15) is 0 Å². The molecule has 0 saturated carbocycles. The average molecular weight is 430 g/mol. The number of carbonyl (C=O) groups is 1. The van der Waals surface area contributed by atoms with Crippen LogP contribution in [0.3, 0.4) is 0 Å². The van der Waals surface area contributed by atoms with E-state index in [2.05, 4.69) is 15.6 Å². The molecule has 150 valence electrons. The molecule has 3 aromatic rings. The molecule has 0 bridgehead atoms. The minimum atomic E-state index is -0.555. The van der Waals surface area contributed by atoms with Crippen LogP contribution in [0.15, 0.2) is 35.7 Å². The second-order valence-electron chi connectivity index (χ2n) is 6.80. The van der Waals surface area contributed by atoms with Gasteiger partial charge in [-0.15, -0.1) is 21.5 Å². The van der Waals surface area contributed by atoms with Gasteiger partial charge in [0.05, 0.1) is 23.4 Å². The van der Waals surface area contributed by atoms with Crippen molar-refractivity contribution in [3.8, 4) is 17.0 Å². The molecule has 7 nitrogen and oxygen atoms in total. The number of para-hydroxylation sites is 1. The molecule has 4 rings (SSSR count). The number of amides is 1. The smallest absolute Gasteiger partial charge is 0.252 e. The molecule has 2 N–H and O–H groups in total. The molecule has 29 heavy (non-hydrogen) atoms. The molecular formula is C20H20ClN5O2S. The summed E-state index contributed by atoms with van der Waals surface area (Å²) in [4.78, 5) is 18.6. The molecule has 2 aromatic heterocycles. The quantitative estimate of drug-likeness (QED) is 0.663. The third-order valence-electron chi connectivity index (χ3n) is 5.06. The van der Waals surface area contributed by atoms with Gasteiger partial charge in [-0.25, -0.2) is 4.98 Å². The Hall–Kier alpha value is -2.71. The molecule has 1 saturated heterocycles. The number of primary amides is 1. The molecule has 0 unspecified atom stereocenters. The van der Waals surface area contributed by atoms with E-state index >= 15 is 0 Å². The van der Waals surface area contributed by atoms with Gasteiger partial charge in [0.25, 0.3) is 5.91 Å². The molecule has 1 aliphatic rings. The van der Waals surface area contributed by atoms with Crippen molar-refractivity contribution in [2.75, 3.05) is 25.1 Å². The van der Waals surface area contributed by atoms with Gasteiger partial charge >= 0.3 is 0 Å². The number of piperidine rings is 1. The van der Waals surface area contributed by atoms with Crippen LogP contribution in [-0.4, -0.2) is 41.3 Å². The number of nitrogens with zero attached hydrogens (tertiary/aromatic N) is 4. The Morgan fingerprint density at radius 2 is 2.03 bits per heavy atom. The van der Waals surface area contributed by atoms with E-state index in [4.69, 9.17) is 27.1 Å². The topological polar surface area (TPSA) is 94.2 Å². The molecule has 0 spiro atoms. The number of methoxy groups -OCH3 is 1. The summed E-state index contributed by atoms with van der Waals surface area (Å²) in [5.41, 5.74) is 7.71. The Morgan fingerprint density at radius 3 is 2.76 bits per heavy atom. The lowest BCUT2D eigenvalue weighted by atomic mass is 9.97. The lowest BCUT2D eigenvalue weighted by Crippen LogP contribution is -2.35. The maximum Gasteiger partial charge on any atom is 0.252 e. The molecule has 3 heterocycles. The lowest BCUT2D eigenvalue weighted by Gasteiger charge is -2.32. The maximum absolute atomic E-state index is 11.7. The first-order chi connectivity index (χ1) is 14.1. The standard InChI is InChI=1S/C20H20ClN5O2S/c1-28-16-5-3-2-4-13(16)15-11-29-20(23-15)12-6-8-26(9-7-12)19-14(18(22)27)10-17(21)24-25-19/h2-5,10-12H,6-9H2,1H3,(H2,22,27).